The highest BCUT2D eigenvalue weighted by Crippen LogP contribution is 2.23. The van der Waals surface area contributed by atoms with Gasteiger partial charge in [-0.25, -0.2) is 0 Å². The maximum Gasteiger partial charge on any atom is 0.0624 e. The van der Waals surface area contributed by atoms with E-state index in [1.807, 2.05) is 0 Å². The lowest BCUT2D eigenvalue weighted by atomic mass is 9.84. The third kappa shape index (κ3) is 4.64. The summed E-state index contributed by atoms with van der Waals surface area (Å²) in [6.45, 7) is 15.5. The lowest BCUT2D eigenvalue weighted by Crippen LogP contribution is -2.42. The van der Waals surface area contributed by atoms with Crippen LogP contribution in [0.2, 0.25) is 0 Å². The largest absolute Gasteiger partial charge is 0.313 e. The fourth-order valence-corrected chi connectivity index (χ4v) is 2.34. The van der Waals surface area contributed by atoms with E-state index < -0.39 is 0 Å². The molecule has 1 aromatic heterocycles. The van der Waals surface area contributed by atoms with Gasteiger partial charge in [0.25, 0.3) is 0 Å². The van der Waals surface area contributed by atoms with Gasteiger partial charge >= 0.3 is 0 Å². The van der Waals surface area contributed by atoms with Gasteiger partial charge in [0, 0.05) is 24.7 Å². The van der Waals surface area contributed by atoms with Crippen molar-refractivity contribution < 1.29 is 0 Å². The van der Waals surface area contributed by atoms with E-state index in [0.29, 0.717) is 6.04 Å². The highest BCUT2D eigenvalue weighted by molar-refractivity contribution is 5.12. The van der Waals surface area contributed by atoms with Crippen molar-refractivity contribution in [1.82, 2.24) is 15.1 Å². The first-order chi connectivity index (χ1) is 8.92. The predicted molar refractivity (Wildman–Crippen MR) is 82.5 cm³/mol. The predicted octanol–water partition coefficient (Wildman–Crippen LogP) is 3.42. The van der Waals surface area contributed by atoms with Gasteiger partial charge in [0.1, 0.15) is 0 Å². The van der Waals surface area contributed by atoms with Gasteiger partial charge in [0.15, 0.2) is 0 Å². The van der Waals surface area contributed by atoms with Crippen LogP contribution in [-0.4, -0.2) is 22.4 Å². The molecule has 110 valence electrons. The Bertz CT molecular complexity index is 374. The van der Waals surface area contributed by atoms with Crippen LogP contribution < -0.4 is 5.32 Å². The molecule has 0 aliphatic heterocycles. The van der Waals surface area contributed by atoms with E-state index in [0.717, 1.165) is 25.9 Å². The van der Waals surface area contributed by atoms with E-state index in [2.05, 4.69) is 62.7 Å². The van der Waals surface area contributed by atoms with Crippen LogP contribution in [0.25, 0.3) is 0 Å². The summed E-state index contributed by atoms with van der Waals surface area (Å²) in [7, 11) is 0. The standard InChI is InChI=1S/C16H31N3/c1-7-10-17-15(16(4,5)6)12-14-11-13(8-2)18-19(14)9-3/h11,15,17H,7-10,12H2,1-6H3. The molecule has 0 amide bonds. The van der Waals surface area contributed by atoms with Gasteiger partial charge in [-0.05, 0) is 37.8 Å². The van der Waals surface area contributed by atoms with Gasteiger partial charge in [-0.3, -0.25) is 4.68 Å². The zero-order valence-electron chi connectivity index (χ0n) is 13.6. The highest BCUT2D eigenvalue weighted by Gasteiger charge is 2.25. The Hall–Kier alpha value is -0.830. The Labute approximate surface area is 118 Å². The number of aromatic nitrogens is 2. The molecule has 0 aliphatic rings. The van der Waals surface area contributed by atoms with Crippen molar-refractivity contribution in [2.24, 2.45) is 5.41 Å². The van der Waals surface area contributed by atoms with E-state index in [1.54, 1.807) is 0 Å². The van der Waals surface area contributed by atoms with Crippen molar-refractivity contribution in [3.05, 3.63) is 17.5 Å². The molecule has 0 fully saturated rings. The molecule has 1 heterocycles. The van der Waals surface area contributed by atoms with E-state index in [1.165, 1.54) is 17.8 Å². The van der Waals surface area contributed by atoms with Gasteiger partial charge < -0.3 is 5.32 Å². The quantitative estimate of drug-likeness (QED) is 0.818. The van der Waals surface area contributed by atoms with Crippen LogP contribution in [0.1, 0.15) is 59.4 Å². The van der Waals surface area contributed by atoms with Crippen molar-refractivity contribution >= 4 is 0 Å². The minimum Gasteiger partial charge on any atom is -0.313 e. The number of rotatable bonds is 7. The van der Waals surface area contributed by atoms with Gasteiger partial charge in [-0.15, -0.1) is 0 Å². The molecule has 0 aromatic carbocycles. The second-order valence-corrected chi connectivity index (χ2v) is 6.37. The van der Waals surface area contributed by atoms with Crippen LogP contribution in [0.4, 0.5) is 0 Å². The maximum absolute atomic E-state index is 4.65. The average molecular weight is 265 g/mol. The molecule has 3 nitrogen and oxygen atoms in total. The SMILES string of the molecule is CCCNC(Cc1cc(CC)nn1CC)C(C)(C)C. The van der Waals surface area contributed by atoms with E-state index >= 15 is 0 Å². The normalized spacial score (nSPS) is 13.8. The molecule has 3 heteroatoms. The first-order valence-corrected chi connectivity index (χ1v) is 7.71. The summed E-state index contributed by atoms with van der Waals surface area (Å²) in [6.07, 6.45) is 3.26. The summed E-state index contributed by atoms with van der Waals surface area (Å²) >= 11 is 0. The van der Waals surface area contributed by atoms with Gasteiger partial charge in [-0.2, -0.15) is 5.10 Å². The van der Waals surface area contributed by atoms with E-state index in [-0.39, 0.29) is 5.41 Å². The Morgan fingerprint density at radius 2 is 1.95 bits per heavy atom. The first-order valence-electron chi connectivity index (χ1n) is 7.71. The fourth-order valence-electron chi connectivity index (χ4n) is 2.34. The van der Waals surface area contributed by atoms with Gasteiger partial charge in [-0.1, -0.05) is 34.6 Å². The van der Waals surface area contributed by atoms with Gasteiger partial charge in [0.05, 0.1) is 5.69 Å². The van der Waals surface area contributed by atoms with Crippen molar-refractivity contribution in [1.29, 1.82) is 0 Å². The molecule has 0 spiro atoms. The van der Waals surface area contributed by atoms with Crippen LogP contribution in [0.3, 0.4) is 0 Å². The Morgan fingerprint density at radius 1 is 1.26 bits per heavy atom. The minimum atomic E-state index is 0.268. The molecule has 0 saturated heterocycles. The van der Waals surface area contributed by atoms with Crippen LogP contribution in [-0.2, 0) is 19.4 Å². The molecule has 1 N–H and O–H groups in total. The smallest absolute Gasteiger partial charge is 0.0624 e. The van der Waals surface area contributed by atoms with Crippen molar-refractivity contribution in [2.75, 3.05) is 6.54 Å². The lowest BCUT2D eigenvalue weighted by molar-refractivity contribution is 0.263. The van der Waals surface area contributed by atoms with E-state index in [4.69, 9.17) is 0 Å². The highest BCUT2D eigenvalue weighted by atomic mass is 15.3. The van der Waals surface area contributed by atoms with Gasteiger partial charge in [0.2, 0.25) is 0 Å². The zero-order chi connectivity index (χ0) is 14.5. The summed E-state index contributed by atoms with van der Waals surface area (Å²) < 4.78 is 2.16. The summed E-state index contributed by atoms with van der Waals surface area (Å²) in [5, 5.41) is 8.35. The third-order valence-corrected chi connectivity index (χ3v) is 3.68. The van der Waals surface area contributed by atoms with Crippen molar-refractivity contribution in [3.8, 4) is 0 Å². The van der Waals surface area contributed by atoms with Crippen molar-refractivity contribution in [2.45, 2.75) is 73.4 Å². The average Bonchev–Trinajstić information content (AvgIpc) is 2.75. The molecule has 0 aliphatic carbocycles. The molecule has 1 aromatic rings. The van der Waals surface area contributed by atoms with Crippen LogP contribution >= 0.6 is 0 Å². The second-order valence-electron chi connectivity index (χ2n) is 6.37. The number of nitrogens with one attached hydrogen (secondary N) is 1. The minimum absolute atomic E-state index is 0.268. The number of nitrogens with zero attached hydrogens (tertiary/aromatic N) is 2. The molecule has 1 atom stereocenters. The topological polar surface area (TPSA) is 29.9 Å². The van der Waals surface area contributed by atoms with E-state index in [9.17, 15) is 0 Å². The first kappa shape index (κ1) is 16.2. The fraction of sp³-hybridized carbons (Fsp3) is 0.812. The van der Waals surface area contributed by atoms with Crippen LogP contribution in [0.15, 0.2) is 6.07 Å². The molecular formula is C16H31N3. The zero-order valence-corrected chi connectivity index (χ0v) is 13.6. The Morgan fingerprint density at radius 3 is 2.42 bits per heavy atom. The molecule has 1 rings (SSSR count). The molecule has 0 saturated carbocycles. The molecular weight excluding hydrogens is 234 g/mol. The number of hydrogen-bond donors (Lipinski definition) is 1. The Kier molecular flexibility index (Phi) is 6.05. The van der Waals surface area contributed by atoms with Crippen LogP contribution in [0, 0.1) is 5.41 Å². The Balaban J connectivity index is 2.85. The summed E-state index contributed by atoms with van der Waals surface area (Å²) in [6, 6.07) is 2.77. The molecule has 19 heavy (non-hydrogen) atoms. The summed E-state index contributed by atoms with van der Waals surface area (Å²) in [5.74, 6) is 0. The number of aryl methyl sites for hydroxylation is 2. The molecule has 0 bridgehead atoms. The lowest BCUT2D eigenvalue weighted by Gasteiger charge is -2.32. The second kappa shape index (κ2) is 7.09. The van der Waals surface area contributed by atoms with Crippen LogP contribution in [0.5, 0.6) is 0 Å². The molecule has 0 radical (unpaired) electrons. The molecule has 1 unspecified atom stereocenters. The third-order valence-electron chi connectivity index (χ3n) is 3.68. The maximum atomic E-state index is 4.65. The van der Waals surface area contributed by atoms with Crippen molar-refractivity contribution in [3.63, 3.8) is 0 Å². The summed E-state index contributed by atoms with van der Waals surface area (Å²) in [4.78, 5) is 0. The monoisotopic (exact) mass is 265 g/mol. The summed E-state index contributed by atoms with van der Waals surface area (Å²) in [5.41, 5.74) is 2.84. The number of hydrogen-bond acceptors (Lipinski definition) is 2.